The van der Waals surface area contributed by atoms with Crippen molar-refractivity contribution >= 4 is 5.91 Å². The van der Waals surface area contributed by atoms with Gasteiger partial charge in [0.25, 0.3) is 0 Å². The lowest BCUT2D eigenvalue weighted by Crippen LogP contribution is -2.25. The maximum atomic E-state index is 11.5. The van der Waals surface area contributed by atoms with E-state index in [-0.39, 0.29) is 12.3 Å². The Bertz CT molecular complexity index is 374. The van der Waals surface area contributed by atoms with Crippen LogP contribution in [0.4, 0.5) is 0 Å². The average molecular weight is 221 g/mol. The highest BCUT2D eigenvalue weighted by molar-refractivity contribution is 5.79. The summed E-state index contributed by atoms with van der Waals surface area (Å²) in [6.45, 7) is 0.991. The van der Waals surface area contributed by atoms with Crippen molar-refractivity contribution < 1.29 is 14.6 Å². The van der Waals surface area contributed by atoms with Crippen molar-refractivity contribution in [1.29, 1.82) is 0 Å². The van der Waals surface area contributed by atoms with Crippen molar-refractivity contribution in [3.05, 3.63) is 29.8 Å². The molecule has 1 atom stereocenters. The number of rotatable bonds is 3. The number of benzene rings is 1. The molecule has 86 valence electrons. The lowest BCUT2D eigenvalue weighted by molar-refractivity contribution is -0.128. The van der Waals surface area contributed by atoms with Gasteiger partial charge >= 0.3 is 0 Å². The maximum Gasteiger partial charge on any atom is 0.225 e. The lowest BCUT2D eigenvalue weighted by Gasteiger charge is -2.15. The number of likely N-dealkylation sites (tertiary alicyclic amines) is 1. The van der Waals surface area contributed by atoms with Gasteiger partial charge in [-0.3, -0.25) is 4.79 Å². The fourth-order valence-corrected chi connectivity index (χ4v) is 1.86. The summed E-state index contributed by atoms with van der Waals surface area (Å²) in [7, 11) is 1.62. The second-order valence-electron chi connectivity index (χ2n) is 3.98. The summed E-state index contributed by atoms with van der Waals surface area (Å²) >= 11 is 0. The molecule has 1 aliphatic heterocycles. The van der Waals surface area contributed by atoms with Gasteiger partial charge < -0.3 is 14.7 Å². The minimum Gasteiger partial charge on any atom is -0.497 e. The van der Waals surface area contributed by atoms with Gasteiger partial charge in [-0.05, 0) is 17.7 Å². The molecule has 4 nitrogen and oxygen atoms in total. The second kappa shape index (κ2) is 4.53. The quantitative estimate of drug-likeness (QED) is 0.821. The van der Waals surface area contributed by atoms with Crippen molar-refractivity contribution in [3.63, 3.8) is 0 Å². The Labute approximate surface area is 94.4 Å². The zero-order chi connectivity index (χ0) is 11.5. The monoisotopic (exact) mass is 221 g/mol. The van der Waals surface area contributed by atoms with Crippen molar-refractivity contribution in [2.45, 2.75) is 19.1 Å². The van der Waals surface area contributed by atoms with Gasteiger partial charge in [0, 0.05) is 13.1 Å². The minimum atomic E-state index is -0.509. The summed E-state index contributed by atoms with van der Waals surface area (Å²) in [6.07, 6.45) is -0.262. The van der Waals surface area contributed by atoms with Crippen molar-refractivity contribution in [1.82, 2.24) is 4.90 Å². The van der Waals surface area contributed by atoms with Crippen LogP contribution in [0.15, 0.2) is 24.3 Å². The fraction of sp³-hybridized carbons (Fsp3) is 0.417. The predicted octanol–water partition coefficient (Wildman–Crippen LogP) is 0.788. The van der Waals surface area contributed by atoms with Gasteiger partial charge in [0.1, 0.15) is 5.75 Å². The van der Waals surface area contributed by atoms with E-state index >= 15 is 0 Å². The molecular weight excluding hydrogens is 206 g/mol. The first kappa shape index (κ1) is 11.0. The number of carbonyl (C=O) groups excluding carboxylic acids is 1. The molecule has 1 unspecified atom stereocenters. The molecule has 1 aliphatic rings. The van der Waals surface area contributed by atoms with Gasteiger partial charge in [0.2, 0.25) is 5.91 Å². The molecule has 0 radical (unpaired) electrons. The van der Waals surface area contributed by atoms with E-state index in [1.54, 1.807) is 12.0 Å². The maximum absolute atomic E-state index is 11.5. The Kier molecular flexibility index (Phi) is 3.10. The van der Waals surface area contributed by atoms with Crippen LogP contribution in [-0.4, -0.2) is 35.7 Å². The van der Waals surface area contributed by atoms with Crippen molar-refractivity contribution in [2.24, 2.45) is 0 Å². The molecule has 0 aromatic heterocycles. The Morgan fingerprint density at radius 3 is 2.62 bits per heavy atom. The van der Waals surface area contributed by atoms with Crippen molar-refractivity contribution in [3.8, 4) is 5.75 Å². The number of aliphatic hydroxyl groups excluding tert-OH is 1. The summed E-state index contributed by atoms with van der Waals surface area (Å²) in [4.78, 5) is 13.1. The molecule has 4 heteroatoms. The number of amides is 1. The molecule has 1 heterocycles. The van der Waals surface area contributed by atoms with E-state index in [1.165, 1.54) is 0 Å². The van der Waals surface area contributed by atoms with Gasteiger partial charge in [-0.25, -0.2) is 0 Å². The van der Waals surface area contributed by atoms with Gasteiger partial charge in [0.15, 0.2) is 0 Å². The van der Waals surface area contributed by atoms with Crippen LogP contribution in [0, 0.1) is 0 Å². The van der Waals surface area contributed by atoms with E-state index in [1.807, 2.05) is 24.3 Å². The fourth-order valence-electron chi connectivity index (χ4n) is 1.86. The number of hydrogen-bond acceptors (Lipinski definition) is 3. The summed E-state index contributed by atoms with van der Waals surface area (Å²) in [6, 6.07) is 7.59. The van der Waals surface area contributed by atoms with Crippen LogP contribution in [0.25, 0.3) is 0 Å². The highest BCUT2D eigenvalue weighted by Crippen LogP contribution is 2.17. The number of hydrogen-bond donors (Lipinski definition) is 1. The smallest absolute Gasteiger partial charge is 0.225 e. The van der Waals surface area contributed by atoms with Gasteiger partial charge in [-0.15, -0.1) is 0 Å². The van der Waals surface area contributed by atoms with Crippen LogP contribution in [0.5, 0.6) is 5.75 Å². The molecule has 1 aromatic rings. The number of methoxy groups -OCH3 is 1. The molecule has 1 amide bonds. The lowest BCUT2D eigenvalue weighted by atomic mass is 10.2. The molecule has 0 bridgehead atoms. The van der Waals surface area contributed by atoms with E-state index in [2.05, 4.69) is 0 Å². The standard InChI is InChI=1S/C12H15NO3/c1-16-11-4-2-9(3-5-11)7-13-8-10(14)6-12(13)15/h2-5,10,14H,6-8H2,1H3. The number of nitrogens with zero attached hydrogens (tertiary/aromatic N) is 1. The number of aliphatic hydroxyl groups is 1. The minimum absolute atomic E-state index is 0.0170. The van der Waals surface area contributed by atoms with Gasteiger partial charge in [0.05, 0.1) is 19.6 Å². The van der Waals surface area contributed by atoms with E-state index < -0.39 is 6.10 Å². The third-order valence-electron chi connectivity index (χ3n) is 2.73. The van der Waals surface area contributed by atoms with E-state index in [9.17, 15) is 9.90 Å². The predicted molar refractivity (Wildman–Crippen MR) is 59.0 cm³/mol. The number of carbonyl (C=O) groups is 1. The highest BCUT2D eigenvalue weighted by Gasteiger charge is 2.27. The molecule has 0 spiro atoms. The topological polar surface area (TPSA) is 49.8 Å². The molecule has 0 aliphatic carbocycles. The molecular formula is C12H15NO3. The Morgan fingerprint density at radius 1 is 1.44 bits per heavy atom. The SMILES string of the molecule is COc1ccc(CN2CC(O)CC2=O)cc1. The molecule has 1 aromatic carbocycles. The normalized spacial score (nSPS) is 20.2. The van der Waals surface area contributed by atoms with Crippen molar-refractivity contribution in [2.75, 3.05) is 13.7 Å². The zero-order valence-electron chi connectivity index (χ0n) is 9.22. The van der Waals surface area contributed by atoms with Crippen LogP contribution in [-0.2, 0) is 11.3 Å². The molecule has 0 saturated carbocycles. The summed E-state index contributed by atoms with van der Waals surface area (Å²) in [5.41, 5.74) is 1.04. The third kappa shape index (κ3) is 2.33. The molecule has 1 fully saturated rings. The Morgan fingerprint density at radius 2 is 2.12 bits per heavy atom. The first-order valence-electron chi connectivity index (χ1n) is 5.28. The number of ether oxygens (including phenoxy) is 1. The Balaban J connectivity index is 2.01. The molecule has 1 saturated heterocycles. The molecule has 2 rings (SSSR count). The average Bonchev–Trinajstić information content (AvgIpc) is 2.59. The largest absolute Gasteiger partial charge is 0.497 e. The zero-order valence-corrected chi connectivity index (χ0v) is 9.22. The van der Waals surface area contributed by atoms with E-state index in [0.717, 1.165) is 11.3 Å². The van der Waals surface area contributed by atoms with Crippen LogP contribution in [0.1, 0.15) is 12.0 Å². The van der Waals surface area contributed by atoms with Crippen LogP contribution >= 0.6 is 0 Å². The summed E-state index contributed by atoms with van der Waals surface area (Å²) in [5.74, 6) is 0.819. The van der Waals surface area contributed by atoms with Crippen LogP contribution in [0.2, 0.25) is 0 Å². The van der Waals surface area contributed by atoms with E-state index in [4.69, 9.17) is 4.74 Å². The second-order valence-corrected chi connectivity index (χ2v) is 3.98. The first-order chi connectivity index (χ1) is 7.69. The van der Waals surface area contributed by atoms with Crippen LogP contribution < -0.4 is 4.74 Å². The summed E-state index contributed by atoms with van der Waals surface area (Å²) in [5, 5.41) is 9.35. The molecule has 1 N–H and O–H groups in total. The first-order valence-corrected chi connectivity index (χ1v) is 5.28. The van der Waals surface area contributed by atoms with Gasteiger partial charge in [-0.2, -0.15) is 0 Å². The number of β-amino-alcohol motifs (C(OH)–C–C–N with tert-alkyl or cyclic N) is 1. The molecule has 16 heavy (non-hydrogen) atoms. The van der Waals surface area contributed by atoms with E-state index in [0.29, 0.717) is 13.1 Å². The van der Waals surface area contributed by atoms with Crippen LogP contribution in [0.3, 0.4) is 0 Å². The highest BCUT2D eigenvalue weighted by atomic mass is 16.5. The van der Waals surface area contributed by atoms with Gasteiger partial charge in [-0.1, -0.05) is 12.1 Å². The Hall–Kier alpha value is -1.55. The third-order valence-corrected chi connectivity index (χ3v) is 2.73. The summed E-state index contributed by atoms with van der Waals surface area (Å²) < 4.78 is 5.06.